The number of aliphatic hydroxyl groups is 2. The summed E-state index contributed by atoms with van der Waals surface area (Å²) in [6.07, 6.45) is -1.72. The summed E-state index contributed by atoms with van der Waals surface area (Å²) in [5.74, 6) is -1.20. The number of ether oxygens (including phenoxy) is 2. The van der Waals surface area contributed by atoms with Gasteiger partial charge >= 0.3 is 5.97 Å². The van der Waals surface area contributed by atoms with E-state index in [9.17, 15) is 15.0 Å². The lowest BCUT2D eigenvalue weighted by Crippen LogP contribution is -2.53. The largest absolute Gasteiger partial charge is 0.481 e. The molecule has 0 aromatic heterocycles. The van der Waals surface area contributed by atoms with Gasteiger partial charge in [0.05, 0.1) is 18.8 Å². The van der Waals surface area contributed by atoms with E-state index in [0.29, 0.717) is 12.8 Å². The molecule has 3 N–H and O–H groups in total. The second kappa shape index (κ2) is 7.04. The third-order valence-electron chi connectivity index (χ3n) is 3.27. The molecule has 1 saturated heterocycles. The van der Waals surface area contributed by atoms with Crippen molar-refractivity contribution in [3.05, 3.63) is 0 Å². The van der Waals surface area contributed by atoms with Crippen LogP contribution in [0.5, 0.6) is 0 Å². The summed E-state index contributed by atoms with van der Waals surface area (Å²) < 4.78 is 10.8. The van der Waals surface area contributed by atoms with Crippen LogP contribution in [-0.4, -0.2) is 52.5 Å². The third-order valence-corrected chi connectivity index (χ3v) is 3.27. The molecule has 0 spiro atoms. The van der Waals surface area contributed by atoms with E-state index in [1.165, 1.54) is 0 Å². The van der Waals surface area contributed by atoms with Gasteiger partial charge in [-0.25, -0.2) is 0 Å². The normalized spacial score (nSPS) is 36.6. The summed E-state index contributed by atoms with van der Waals surface area (Å²) in [5.41, 5.74) is 0. The van der Waals surface area contributed by atoms with Crippen molar-refractivity contribution >= 4 is 5.97 Å². The molecule has 1 heterocycles. The van der Waals surface area contributed by atoms with Crippen LogP contribution in [0, 0.1) is 5.92 Å². The van der Waals surface area contributed by atoms with Gasteiger partial charge < -0.3 is 24.8 Å². The van der Waals surface area contributed by atoms with E-state index in [0.717, 1.165) is 0 Å². The summed E-state index contributed by atoms with van der Waals surface area (Å²) in [6.45, 7) is 3.85. The van der Waals surface area contributed by atoms with Gasteiger partial charge in [-0.3, -0.25) is 4.79 Å². The van der Waals surface area contributed by atoms with E-state index in [-0.39, 0.29) is 25.0 Å². The summed E-state index contributed by atoms with van der Waals surface area (Å²) in [4.78, 5) is 10.3. The van der Waals surface area contributed by atoms with Crippen LogP contribution in [0.1, 0.15) is 33.1 Å². The summed E-state index contributed by atoms with van der Waals surface area (Å²) in [6, 6.07) is 0. The highest BCUT2D eigenvalue weighted by atomic mass is 16.7. The molecule has 1 aliphatic rings. The first kappa shape index (κ1) is 15.4. The monoisotopic (exact) mass is 262 g/mol. The van der Waals surface area contributed by atoms with Crippen LogP contribution in [0.4, 0.5) is 0 Å². The molecule has 18 heavy (non-hydrogen) atoms. The summed E-state index contributed by atoms with van der Waals surface area (Å²) in [7, 11) is 0. The lowest BCUT2D eigenvalue weighted by atomic mass is 9.90. The van der Waals surface area contributed by atoms with E-state index >= 15 is 0 Å². The number of aliphatic hydroxyl groups excluding tert-OH is 2. The van der Waals surface area contributed by atoms with Crippen LogP contribution >= 0.6 is 0 Å². The molecule has 6 heteroatoms. The Balaban J connectivity index is 2.41. The highest BCUT2D eigenvalue weighted by molar-refractivity contribution is 5.66. The van der Waals surface area contributed by atoms with Gasteiger partial charge in [0.1, 0.15) is 6.10 Å². The molecule has 0 saturated carbocycles. The molecule has 0 aliphatic carbocycles. The second-order valence-electron chi connectivity index (χ2n) is 4.66. The van der Waals surface area contributed by atoms with Gasteiger partial charge in [-0.15, -0.1) is 0 Å². The highest BCUT2D eigenvalue weighted by Gasteiger charge is 2.41. The van der Waals surface area contributed by atoms with Crippen molar-refractivity contribution < 1.29 is 29.6 Å². The molecule has 0 aromatic carbocycles. The maximum absolute atomic E-state index is 10.3. The molecular weight excluding hydrogens is 240 g/mol. The van der Waals surface area contributed by atoms with Crippen LogP contribution in [0.15, 0.2) is 0 Å². The minimum absolute atomic E-state index is 0.0260. The van der Waals surface area contributed by atoms with Crippen LogP contribution in [0.3, 0.4) is 0 Å². The van der Waals surface area contributed by atoms with E-state index in [2.05, 4.69) is 0 Å². The Morgan fingerprint density at radius 2 is 2.00 bits per heavy atom. The fraction of sp³-hybridized carbons (Fsp3) is 0.917. The van der Waals surface area contributed by atoms with Crippen LogP contribution in [0.2, 0.25) is 0 Å². The Hall–Kier alpha value is -0.690. The lowest BCUT2D eigenvalue weighted by molar-refractivity contribution is -0.283. The van der Waals surface area contributed by atoms with Gasteiger partial charge in [0.15, 0.2) is 6.29 Å². The number of carbonyl (C=O) groups is 1. The fourth-order valence-electron chi connectivity index (χ4n) is 2.02. The zero-order valence-electron chi connectivity index (χ0n) is 10.8. The van der Waals surface area contributed by atoms with Gasteiger partial charge in [0.2, 0.25) is 0 Å². The predicted molar refractivity (Wildman–Crippen MR) is 63.0 cm³/mol. The molecule has 0 radical (unpaired) electrons. The lowest BCUT2D eigenvalue weighted by Gasteiger charge is -2.41. The molecule has 5 atom stereocenters. The van der Waals surface area contributed by atoms with Crippen LogP contribution in [-0.2, 0) is 14.3 Å². The van der Waals surface area contributed by atoms with Gasteiger partial charge in [0.25, 0.3) is 0 Å². The zero-order valence-corrected chi connectivity index (χ0v) is 10.8. The average Bonchev–Trinajstić information content (AvgIpc) is 2.34. The molecule has 6 nitrogen and oxygen atoms in total. The van der Waals surface area contributed by atoms with E-state index in [1.54, 1.807) is 6.92 Å². The first-order valence-corrected chi connectivity index (χ1v) is 6.32. The van der Waals surface area contributed by atoms with Crippen molar-refractivity contribution in [1.82, 2.24) is 0 Å². The van der Waals surface area contributed by atoms with Gasteiger partial charge in [-0.2, -0.15) is 0 Å². The minimum atomic E-state index is -0.896. The Kier molecular flexibility index (Phi) is 6.01. The number of aliphatic carboxylic acids is 1. The van der Waals surface area contributed by atoms with Crippen molar-refractivity contribution in [2.45, 2.75) is 57.7 Å². The van der Waals surface area contributed by atoms with Crippen molar-refractivity contribution in [1.29, 1.82) is 0 Å². The maximum atomic E-state index is 10.3. The van der Waals surface area contributed by atoms with Crippen molar-refractivity contribution in [3.8, 4) is 0 Å². The maximum Gasteiger partial charge on any atom is 0.303 e. The molecule has 2 unspecified atom stereocenters. The average molecular weight is 262 g/mol. The van der Waals surface area contributed by atoms with Gasteiger partial charge in [-0.1, -0.05) is 13.8 Å². The Labute approximate surface area is 107 Å². The Morgan fingerprint density at radius 1 is 1.33 bits per heavy atom. The van der Waals surface area contributed by atoms with Crippen LogP contribution in [0.25, 0.3) is 0 Å². The molecule has 1 aliphatic heterocycles. The molecule has 0 bridgehead atoms. The first-order chi connectivity index (χ1) is 8.47. The van der Waals surface area contributed by atoms with E-state index < -0.39 is 24.5 Å². The first-order valence-electron chi connectivity index (χ1n) is 6.32. The smallest absolute Gasteiger partial charge is 0.303 e. The van der Waals surface area contributed by atoms with E-state index in [1.807, 2.05) is 6.92 Å². The Bertz CT molecular complexity index is 267. The Morgan fingerprint density at radius 3 is 2.56 bits per heavy atom. The second-order valence-corrected chi connectivity index (χ2v) is 4.66. The SMILES string of the molecule is CCC1O[C@@H](OCCCC(=O)O)C(O)[C@@H](C)[C@@H]1O. The number of hydrogen-bond donors (Lipinski definition) is 3. The number of hydrogen-bond acceptors (Lipinski definition) is 5. The van der Waals surface area contributed by atoms with Crippen molar-refractivity contribution in [2.75, 3.05) is 6.61 Å². The zero-order chi connectivity index (χ0) is 13.7. The molecule has 106 valence electrons. The van der Waals surface area contributed by atoms with Gasteiger partial charge in [-0.05, 0) is 12.8 Å². The van der Waals surface area contributed by atoms with Crippen LogP contribution < -0.4 is 0 Å². The summed E-state index contributed by atoms with van der Waals surface area (Å²) >= 11 is 0. The number of rotatable bonds is 6. The quantitative estimate of drug-likeness (QED) is 0.598. The number of carboxylic acid groups (broad SMARTS) is 1. The molecule has 1 fully saturated rings. The number of carboxylic acids is 1. The highest BCUT2D eigenvalue weighted by Crippen LogP contribution is 2.28. The third kappa shape index (κ3) is 3.91. The minimum Gasteiger partial charge on any atom is -0.481 e. The van der Waals surface area contributed by atoms with Gasteiger partial charge in [0, 0.05) is 12.3 Å². The molecule has 0 amide bonds. The molecular formula is C12H22O6. The van der Waals surface area contributed by atoms with E-state index in [4.69, 9.17) is 14.6 Å². The molecule has 0 aromatic rings. The standard InChI is InChI=1S/C12H22O6/c1-3-8-10(15)7(2)11(16)12(18-8)17-6-4-5-9(13)14/h7-8,10-12,15-16H,3-6H2,1-2H3,(H,13,14)/t7-,8?,10-,11?,12+/m0/s1. The fourth-order valence-corrected chi connectivity index (χ4v) is 2.02. The predicted octanol–water partition coefficient (Wildman–Crippen LogP) is 0.361. The summed E-state index contributed by atoms with van der Waals surface area (Å²) in [5, 5.41) is 28.2. The molecule has 1 rings (SSSR count). The topological polar surface area (TPSA) is 96.2 Å². The van der Waals surface area contributed by atoms with Crippen molar-refractivity contribution in [3.63, 3.8) is 0 Å². The van der Waals surface area contributed by atoms with Crippen molar-refractivity contribution in [2.24, 2.45) is 5.92 Å².